The van der Waals surface area contributed by atoms with E-state index in [-0.39, 0.29) is 30.1 Å². The topological polar surface area (TPSA) is 51.5 Å². The Labute approximate surface area is 126 Å². The van der Waals surface area contributed by atoms with Crippen molar-refractivity contribution in [1.29, 1.82) is 0 Å². The van der Waals surface area contributed by atoms with Crippen LogP contribution < -0.4 is 5.43 Å². The molecule has 3 heterocycles. The van der Waals surface area contributed by atoms with Crippen LogP contribution in [0.4, 0.5) is 0 Å². The van der Waals surface area contributed by atoms with Crippen molar-refractivity contribution >= 4 is 27.5 Å². The van der Waals surface area contributed by atoms with E-state index in [9.17, 15) is 9.59 Å². The zero-order valence-corrected chi connectivity index (χ0v) is 12.9. The smallest absolute Gasteiger partial charge is 0.242 e. The van der Waals surface area contributed by atoms with Crippen LogP contribution in [-0.4, -0.2) is 40.7 Å². The lowest BCUT2D eigenvalue weighted by atomic mass is 10.2. The first-order chi connectivity index (χ1) is 10.0. The number of aromatic nitrogens is 1. The minimum Gasteiger partial charge on any atom is -0.372 e. The molecule has 2 aromatic heterocycles. The SMILES string of the molecule is CC1CN(C(=O)Cn2ccc(=O)c3sccc32)CC(C)O1. The summed E-state index contributed by atoms with van der Waals surface area (Å²) in [6.07, 6.45) is 1.82. The van der Waals surface area contributed by atoms with Crippen molar-refractivity contribution in [2.24, 2.45) is 0 Å². The molecule has 1 aliphatic heterocycles. The molecule has 3 rings (SSSR count). The fourth-order valence-corrected chi connectivity index (χ4v) is 3.62. The average Bonchev–Trinajstić information content (AvgIpc) is 2.91. The van der Waals surface area contributed by atoms with Crippen LogP contribution in [0.2, 0.25) is 0 Å². The molecular weight excluding hydrogens is 288 g/mol. The van der Waals surface area contributed by atoms with Crippen LogP contribution in [0.15, 0.2) is 28.5 Å². The molecule has 1 fully saturated rings. The number of hydrogen-bond acceptors (Lipinski definition) is 4. The number of nitrogens with zero attached hydrogens (tertiary/aromatic N) is 2. The third-order valence-electron chi connectivity index (χ3n) is 3.66. The van der Waals surface area contributed by atoms with E-state index in [2.05, 4.69) is 0 Å². The summed E-state index contributed by atoms with van der Waals surface area (Å²) in [6.45, 7) is 5.46. The molecule has 0 radical (unpaired) electrons. The molecule has 0 spiro atoms. The largest absolute Gasteiger partial charge is 0.372 e. The third kappa shape index (κ3) is 2.87. The number of morpholine rings is 1. The summed E-state index contributed by atoms with van der Waals surface area (Å²) in [5.74, 6) is 0.0631. The van der Waals surface area contributed by atoms with Gasteiger partial charge in [-0.3, -0.25) is 9.59 Å². The second-order valence-electron chi connectivity index (χ2n) is 5.50. The van der Waals surface area contributed by atoms with Crippen LogP contribution in [-0.2, 0) is 16.1 Å². The fourth-order valence-electron chi connectivity index (χ4n) is 2.79. The minimum absolute atomic E-state index is 0.0114. The Bertz CT molecular complexity index is 711. The van der Waals surface area contributed by atoms with Gasteiger partial charge in [-0.15, -0.1) is 11.3 Å². The highest BCUT2D eigenvalue weighted by Gasteiger charge is 2.25. The maximum Gasteiger partial charge on any atom is 0.242 e. The van der Waals surface area contributed by atoms with Crippen molar-refractivity contribution in [3.05, 3.63) is 33.9 Å². The van der Waals surface area contributed by atoms with E-state index < -0.39 is 0 Å². The summed E-state index contributed by atoms with van der Waals surface area (Å²) in [6, 6.07) is 3.41. The number of thiophene rings is 1. The zero-order valence-electron chi connectivity index (χ0n) is 12.1. The molecule has 5 nitrogen and oxygen atoms in total. The number of fused-ring (bicyclic) bond motifs is 1. The zero-order chi connectivity index (χ0) is 15.0. The Morgan fingerprint density at radius 1 is 1.33 bits per heavy atom. The predicted octanol–water partition coefficient (Wildman–Crippen LogP) is 1.70. The number of amides is 1. The van der Waals surface area contributed by atoms with Crippen molar-refractivity contribution in [3.63, 3.8) is 0 Å². The van der Waals surface area contributed by atoms with Gasteiger partial charge in [0.25, 0.3) is 0 Å². The van der Waals surface area contributed by atoms with Crippen LogP contribution in [0.1, 0.15) is 13.8 Å². The average molecular weight is 306 g/mol. The van der Waals surface area contributed by atoms with Gasteiger partial charge in [-0.05, 0) is 25.3 Å². The second-order valence-corrected chi connectivity index (χ2v) is 6.42. The first-order valence-corrected chi connectivity index (χ1v) is 7.92. The fraction of sp³-hybridized carbons (Fsp3) is 0.467. The summed E-state index contributed by atoms with van der Waals surface area (Å²) in [4.78, 5) is 26.1. The Hall–Kier alpha value is -1.66. The van der Waals surface area contributed by atoms with E-state index in [0.29, 0.717) is 17.8 Å². The molecule has 0 N–H and O–H groups in total. The van der Waals surface area contributed by atoms with E-state index in [1.165, 1.54) is 17.4 Å². The van der Waals surface area contributed by atoms with Crippen LogP contribution in [0.3, 0.4) is 0 Å². The molecule has 1 aliphatic rings. The summed E-state index contributed by atoms with van der Waals surface area (Å²) < 4.78 is 8.20. The van der Waals surface area contributed by atoms with Crippen LogP contribution >= 0.6 is 11.3 Å². The molecule has 6 heteroatoms. The highest BCUT2D eigenvalue weighted by atomic mass is 32.1. The van der Waals surface area contributed by atoms with Crippen molar-refractivity contribution in [2.75, 3.05) is 13.1 Å². The molecule has 112 valence electrons. The van der Waals surface area contributed by atoms with Crippen LogP contribution in [0, 0.1) is 0 Å². The molecule has 2 unspecified atom stereocenters. The lowest BCUT2D eigenvalue weighted by molar-refractivity contribution is -0.143. The van der Waals surface area contributed by atoms with Crippen LogP contribution in [0.25, 0.3) is 10.2 Å². The molecule has 0 saturated carbocycles. The van der Waals surface area contributed by atoms with E-state index >= 15 is 0 Å². The Balaban J connectivity index is 1.82. The Morgan fingerprint density at radius 3 is 2.76 bits per heavy atom. The number of pyridine rings is 1. The molecule has 21 heavy (non-hydrogen) atoms. The lowest BCUT2D eigenvalue weighted by Gasteiger charge is -2.35. The number of carbonyl (C=O) groups excluding carboxylic acids is 1. The van der Waals surface area contributed by atoms with Gasteiger partial charge < -0.3 is 14.2 Å². The van der Waals surface area contributed by atoms with Gasteiger partial charge in [0.05, 0.1) is 22.4 Å². The standard InChI is InChI=1S/C15H18N2O3S/c1-10-7-17(8-11(2)20-10)14(19)9-16-5-3-13(18)15-12(16)4-6-21-15/h3-6,10-11H,7-9H2,1-2H3. The van der Waals surface area contributed by atoms with E-state index in [4.69, 9.17) is 4.74 Å². The molecule has 1 amide bonds. The highest BCUT2D eigenvalue weighted by Crippen LogP contribution is 2.17. The highest BCUT2D eigenvalue weighted by molar-refractivity contribution is 7.17. The van der Waals surface area contributed by atoms with Crippen molar-refractivity contribution in [1.82, 2.24) is 9.47 Å². The van der Waals surface area contributed by atoms with Gasteiger partial charge in [0.15, 0.2) is 5.43 Å². The number of hydrogen-bond donors (Lipinski definition) is 0. The molecule has 1 saturated heterocycles. The lowest BCUT2D eigenvalue weighted by Crippen LogP contribution is -2.49. The first-order valence-electron chi connectivity index (χ1n) is 7.04. The summed E-state index contributed by atoms with van der Waals surface area (Å²) in [5.41, 5.74) is 0.840. The molecule has 0 bridgehead atoms. The minimum atomic E-state index is 0.0114. The van der Waals surface area contributed by atoms with Gasteiger partial charge in [0.1, 0.15) is 6.54 Å². The molecular formula is C15H18N2O3S. The van der Waals surface area contributed by atoms with E-state index in [1.807, 2.05) is 34.8 Å². The van der Waals surface area contributed by atoms with E-state index in [1.54, 1.807) is 6.20 Å². The number of rotatable bonds is 2. The quantitative estimate of drug-likeness (QED) is 0.848. The van der Waals surface area contributed by atoms with Crippen molar-refractivity contribution in [3.8, 4) is 0 Å². The van der Waals surface area contributed by atoms with Gasteiger partial charge in [-0.2, -0.15) is 0 Å². The van der Waals surface area contributed by atoms with Gasteiger partial charge in [0.2, 0.25) is 5.91 Å². The summed E-state index contributed by atoms with van der Waals surface area (Å²) in [7, 11) is 0. The van der Waals surface area contributed by atoms with Crippen molar-refractivity contribution < 1.29 is 9.53 Å². The predicted molar refractivity (Wildman–Crippen MR) is 82.7 cm³/mol. The van der Waals surface area contributed by atoms with Gasteiger partial charge in [-0.25, -0.2) is 0 Å². The monoisotopic (exact) mass is 306 g/mol. The van der Waals surface area contributed by atoms with Crippen molar-refractivity contribution in [2.45, 2.75) is 32.6 Å². The van der Waals surface area contributed by atoms with Gasteiger partial charge in [0, 0.05) is 25.4 Å². The molecule has 0 aliphatic carbocycles. The Kier molecular flexibility index (Phi) is 3.82. The van der Waals surface area contributed by atoms with E-state index in [0.717, 1.165) is 5.52 Å². The third-order valence-corrected chi connectivity index (χ3v) is 4.58. The molecule has 0 aromatic carbocycles. The maximum atomic E-state index is 12.5. The van der Waals surface area contributed by atoms with Gasteiger partial charge in [-0.1, -0.05) is 0 Å². The molecule has 2 atom stereocenters. The number of ether oxygens (including phenoxy) is 1. The summed E-state index contributed by atoms with van der Waals surface area (Å²) >= 11 is 1.41. The maximum absolute atomic E-state index is 12.5. The second kappa shape index (κ2) is 5.61. The summed E-state index contributed by atoms with van der Waals surface area (Å²) in [5, 5.41) is 1.88. The van der Waals surface area contributed by atoms with Gasteiger partial charge >= 0.3 is 0 Å². The first kappa shape index (κ1) is 14.3. The Morgan fingerprint density at radius 2 is 2.05 bits per heavy atom. The number of carbonyl (C=O) groups is 1. The normalized spacial score (nSPS) is 22.7. The van der Waals surface area contributed by atoms with Crippen LogP contribution in [0.5, 0.6) is 0 Å². The molecule has 2 aromatic rings.